The van der Waals surface area contributed by atoms with Gasteiger partial charge in [-0.05, 0) is 55.7 Å². The molecular weight excluding hydrogens is 720 g/mol. The molecule has 42 heavy (non-hydrogen) atoms. The molecule has 1 aliphatic carbocycles. The summed E-state index contributed by atoms with van der Waals surface area (Å²) < 4.78 is 107. The molecule has 0 radical (unpaired) electrons. The van der Waals surface area contributed by atoms with Gasteiger partial charge in [-0.1, -0.05) is 55.9 Å². The standard InChI is InChI=1S/C26H12BrCl3F5NO5S/c27-10-2-4-12(5-3-10)42(38,39)26(6-1-7-26)24-16(22(36-41-24)15-13(29)8-11(28)9-14(15)30)25(37)40-23-20(34)18(32)17(31)19(33)21(23)35/h2-5,8-9H,1,6-7H2. The normalized spacial score (nSPS) is 14.5. The molecule has 16 heteroatoms. The Morgan fingerprint density at radius 3 is 1.93 bits per heavy atom. The van der Waals surface area contributed by atoms with Crippen molar-refractivity contribution in [2.75, 3.05) is 0 Å². The lowest BCUT2D eigenvalue weighted by Gasteiger charge is -2.39. The van der Waals surface area contributed by atoms with E-state index in [-0.39, 0.29) is 38.4 Å². The molecule has 1 aromatic heterocycles. The molecule has 0 saturated heterocycles. The van der Waals surface area contributed by atoms with Crippen LogP contribution in [0.3, 0.4) is 0 Å². The average Bonchev–Trinajstić information content (AvgIpc) is 3.32. The van der Waals surface area contributed by atoms with Crippen LogP contribution < -0.4 is 4.74 Å². The van der Waals surface area contributed by atoms with Gasteiger partial charge in [0.05, 0.1) is 14.9 Å². The summed E-state index contributed by atoms with van der Waals surface area (Å²) in [4.78, 5) is 13.4. The minimum Gasteiger partial charge on any atom is -0.416 e. The molecule has 0 amide bonds. The van der Waals surface area contributed by atoms with Crippen molar-refractivity contribution >= 4 is 66.5 Å². The molecule has 0 N–H and O–H groups in total. The lowest BCUT2D eigenvalue weighted by molar-refractivity contribution is 0.0711. The smallest absolute Gasteiger partial charge is 0.349 e. The van der Waals surface area contributed by atoms with Gasteiger partial charge >= 0.3 is 5.97 Å². The highest BCUT2D eigenvalue weighted by atomic mass is 79.9. The molecule has 0 bridgehead atoms. The van der Waals surface area contributed by atoms with Gasteiger partial charge in [-0.25, -0.2) is 26.4 Å². The number of benzene rings is 3. The van der Waals surface area contributed by atoms with E-state index in [1.54, 1.807) is 0 Å². The summed E-state index contributed by atoms with van der Waals surface area (Å²) >= 11 is 21.8. The molecule has 1 heterocycles. The maximum absolute atomic E-state index is 14.5. The van der Waals surface area contributed by atoms with Crippen molar-refractivity contribution in [3.8, 4) is 17.0 Å². The fourth-order valence-electron chi connectivity index (χ4n) is 4.50. The lowest BCUT2D eigenvalue weighted by atomic mass is 9.80. The molecule has 1 fully saturated rings. The highest BCUT2D eigenvalue weighted by Gasteiger charge is 2.56. The molecule has 5 rings (SSSR count). The zero-order chi connectivity index (χ0) is 30.7. The van der Waals surface area contributed by atoms with Crippen LogP contribution in [0, 0.1) is 29.1 Å². The quantitative estimate of drug-likeness (QED) is 0.0648. The van der Waals surface area contributed by atoms with Gasteiger partial charge in [0.2, 0.25) is 34.8 Å². The number of carbonyl (C=O) groups excluding carboxylic acids is 1. The predicted molar refractivity (Wildman–Crippen MR) is 145 cm³/mol. The van der Waals surface area contributed by atoms with E-state index >= 15 is 0 Å². The van der Waals surface area contributed by atoms with Crippen LogP contribution in [-0.4, -0.2) is 19.5 Å². The Kier molecular flexibility index (Phi) is 8.12. The number of aromatic nitrogens is 1. The topological polar surface area (TPSA) is 86.5 Å². The van der Waals surface area contributed by atoms with Crippen molar-refractivity contribution in [3.05, 3.63) is 96.3 Å². The highest BCUT2D eigenvalue weighted by Crippen LogP contribution is 2.54. The second kappa shape index (κ2) is 11.1. The van der Waals surface area contributed by atoms with Crippen LogP contribution in [-0.2, 0) is 14.6 Å². The molecule has 0 aliphatic heterocycles. The number of ether oxygens (including phenoxy) is 1. The maximum Gasteiger partial charge on any atom is 0.349 e. The Balaban J connectivity index is 1.76. The Labute approximate surface area is 257 Å². The minimum atomic E-state index is -4.36. The SMILES string of the molecule is O=C(Oc1c(F)c(F)c(F)c(F)c1F)c1c(-c2c(Cl)cc(Cl)cc2Cl)noc1C1(S(=O)(=O)c2ccc(Br)cc2)CCC1. The fourth-order valence-corrected chi connectivity index (χ4v) is 7.92. The van der Waals surface area contributed by atoms with Gasteiger partial charge in [-0.2, -0.15) is 8.78 Å². The minimum absolute atomic E-state index is 0.0660. The summed E-state index contributed by atoms with van der Waals surface area (Å²) in [6.45, 7) is 0. The van der Waals surface area contributed by atoms with Crippen LogP contribution in [0.15, 0.2) is 50.3 Å². The molecule has 0 spiro atoms. The summed E-state index contributed by atoms with van der Waals surface area (Å²) in [7, 11) is -4.36. The Bertz CT molecular complexity index is 1830. The predicted octanol–water partition coefficient (Wildman–Crippen LogP) is 8.83. The van der Waals surface area contributed by atoms with E-state index < -0.39 is 72.4 Å². The third-order valence-electron chi connectivity index (χ3n) is 6.72. The first-order chi connectivity index (χ1) is 19.7. The molecule has 0 atom stereocenters. The van der Waals surface area contributed by atoms with Gasteiger partial charge in [-0.15, -0.1) is 0 Å². The van der Waals surface area contributed by atoms with Gasteiger partial charge < -0.3 is 9.26 Å². The first-order valence-electron chi connectivity index (χ1n) is 11.6. The lowest BCUT2D eigenvalue weighted by Crippen LogP contribution is -2.43. The fraction of sp³-hybridized carbons (Fsp3) is 0.154. The molecule has 1 aliphatic rings. The number of carbonyl (C=O) groups is 1. The highest BCUT2D eigenvalue weighted by molar-refractivity contribution is 9.10. The number of rotatable bonds is 6. The molecule has 1 saturated carbocycles. The van der Waals surface area contributed by atoms with E-state index in [1.807, 2.05) is 0 Å². The van der Waals surface area contributed by atoms with Gasteiger partial charge in [0.1, 0.15) is 16.0 Å². The molecule has 6 nitrogen and oxygen atoms in total. The van der Waals surface area contributed by atoms with Gasteiger partial charge in [-0.3, -0.25) is 0 Å². The zero-order valence-electron chi connectivity index (χ0n) is 20.4. The monoisotopic (exact) mass is 729 g/mol. The van der Waals surface area contributed by atoms with Gasteiger partial charge in [0, 0.05) is 15.1 Å². The van der Waals surface area contributed by atoms with Crippen LogP contribution in [0.25, 0.3) is 11.3 Å². The second-order valence-corrected chi connectivity index (χ2v) is 13.5. The van der Waals surface area contributed by atoms with E-state index in [1.165, 1.54) is 36.4 Å². The maximum atomic E-state index is 14.5. The Hall–Kier alpha value is -2.71. The van der Waals surface area contributed by atoms with Crippen LogP contribution in [0.4, 0.5) is 22.0 Å². The first kappa shape index (κ1) is 30.7. The van der Waals surface area contributed by atoms with E-state index in [9.17, 15) is 35.2 Å². The molecular formula is C26H12BrCl3F5NO5S. The third-order valence-corrected chi connectivity index (χ3v) is 10.6. The Morgan fingerprint density at radius 2 is 1.43 bits per heavy atom. The van der Waals surface area contributed by atoms with Crippen molar-refractivity contribution in [3.63, 3.8) is 0 Å². The number of esters is 1. The molecule has 3 aromatic carbocycles. The average molecular weight is 732 g/mol. The van der Waals surface area contributed by atoms with Crippen molar-refractivity contribution in [2.24, 2.45) is 0 Å². The van der Waals surface area contributed by atoms with E-state index in [2.05, 4.69) is 21.1 Å². The van der Waals surface area contributed by atoms with Crippen LogP contribution in [0.1, 0.15) is 35.4 Å². The summed E-state index contributed by atoms with van der Waals surface area (Å²) in [6.07, 6.45) is 0.163. The summed E-state index contributed by atoms with van der Waals surface area (Å²) in [5.41, 5.74) is -1.55. The van der Waals surface area contributed by atoms with Crippen molar-refractivity contribution in [1.29, 1.82) is 0 Å². The number of sulfone groups is 1. The zero-order valence-corrected chi connectivity index (χ0v) is 25.1. The molecule has 0 unspecified atom stereocenters. The summed E-state index contributed by atoms with van der Waals surface area (Å²) in [6, 6.07) is 7.95. The second-order valence-electron chi connectivity index (χ2n) is 9.07. The Morgan fingerprint density at radius 1 is 0.905 bits per heavy atom. The van der Waals surface area contributed by atoms with E-state index in [0.717, 1.165) is 0 Å². The number of hydrogen-bond donors (Lipinski definition) is 0. The van der Waals surface area contributed by atoms with Gasteiger partial charge in [0.25, 0.3) is 0 Å². The van der Waals surface area contributed by atoms with Crippen molar-refractivity contribution in [1.82, 2.24) is 5.16 Å². The summed E-state index contributed by atoms with van der Waals surface area (Å²) in [5.74, 6) is -16.4. The van der Waals surface area contributed by atoms with E-state index in [0.29, 0.717) is 10.9 Å². The molecule has 220 valence electrons. The van der Waals surface area contributed by atoms with Crippen LogP contribution in [0.5, 0.6) is 5.75 Å². The van der Waals surface area contributed by atoms with Crippen molar-refractivity contribution < 1.29 is 44.4 Å². The number of nitrogens with zero attached hydrogens (tertiary/aromatic N) is 1. The van der Waals surface area contributed by atoms with Crippen LogP contribution >= 0.6 is 50.7 Å². The van der Waals surface area contributed by atoms with Crippen LogP contribution in [0.2, 0.25) is 15.1 Å². The number of hydrogen-bond acceptors (Lipinski definition) is 6. The van der Waals surface area contributed by atoms with Crippen molar-refractivity contribution in [2.45, 2.75) is 28.9 Å². The molecule has 4 aromatic rings. The van der Waals surface area contributed by atoms with Gasteiger partial charge in [0.15, 0.2) is 15.6 Å². The van der Waals surface area contributed by atoms with E-state index in [4.69, 9.17) is 44.1 Å². The largest absolute Gasteiger partial charge is 0.416 e. The first-order valence-corrected chi connectivity index (χ1v) is 15.0. The third kappa shape index (κ3) is 4.79. The number of halogens is 9. The summed E-state index contributed by atoms with van der Waals surface area (Å²) in [5, 5.41) is 3.48.